The minimum Gasteiger partial charge on any atom is -0.465 e. The van der Waals surface area contributed by atoms with Crippen LogP contribution in [0.2, 0.25) is 0 Å². The number of carbonyl (C=O) groups excluding carboxylic acids is 1. The summed E-state index contributed by atoms with van der Waals surface area (Å²) in [6, 6.07) is 0.517. The van der Waals surface area contributed by atoms with Crippen molar-refractivity contribution in [2.75, 3.05) is 6.61 Å². The summed E-state index contributed by atoms with van der Waals surface area (Å²) in [4.78, 5) is 12.4. The molecule has 0 saturated heterocycles. The Morgan fingerprint density at radius 2 is 1.83 bits per heavy atom. The lowest BCUT2D eigenvalue weighted by Crippen LogP contribution is -2.58. The van der Waals surface area contributed by atoms with Gasteiger partial charge in [-0.25, -0.2) is 0 Å². The average Bonchev–Trinajstić information content (AvgIpc) is 3.22. The van der Waals surface area contributed by atoms with Crippen LogP contribution >= 0.6 is 0 Å². The molecule has 0 aliphatic heterocycles. The minimum atomic E-state index is -0.391. The van der Waals surface area contributed by atoms with Crippen LogP contribution in [0.4, 0.5) is 0 Å². The zero-order chi connectivity index (χ0) is 13.0. The van der Waals surface area contributed by atoms with Crippen LogP contribution < -0.4 is 5.32 Å². The largest absolute Gasteiger partial charge is 0.465 e. The van der Waals surface area contributed by atoms with E-state index in [2.05, 4.69) is 12.2 Å². The van der Waals surface area contributed by atoms with Crippen LogP contribution in [0.25, 0.3) is 0 Å². The molecule has 1 unspecified atom stereocenters. The van der Waals surface area contributed by atoms with Crippen LogP contribution in [0, 0.1) is 5.92 Å². The van der Waals surface area contributed by atoms with Crippen molar-refractivity contribution in [2.24, 2.45) is 5.92 Å². The standard InChI is InChI=1S/C15H27NO2/c1-3-15(12-10-11-12,14(17)18-4-2)16-13-8-6-5-7-9-13/h12-13,16H,3-11H2,1-2H3. The van der Waals surface area contributed by atoms with Crippen LogP contribution in [0.15, 0.2) is 0 Å². The molecule has 0 heterocycles. The molecule has 2 saturated carbocycles. The summed E-state index contributed by atoms with van der Waals surface area (Å²) >= 11 is 0. The van der Waals surface area contributed by atoms with Gasteiger partial charge in [-0.2, -0.15) is 0 Å². The van der Waals surface area contributed by atoms with E-state index in [0.29, 0.717) is 18.6 Å². The molecule has 3 nitrogen and oxygen atoms in total. The zero-order valence-corrected chi connectivity index (χ0v) is 11.8. The number of carbonyl (C=O) groups is 1. The summed E-state index contributed by atoms with van der Waals surface area (Å²) in [5.74, 6) is 0.490. The molecule has 3 heteroatoms. The van der Waals surface area contributed by atoms with Gasteiger partial charge in [-0.3, -0.25) is 10.1 Å². The summed E-state index contributed by atoms with van der Waals surface area (Å²) in [6.45, 7) is 4.50. The maximum absolute atomic E-state index is 12.4. The minimum absolute atomic E-state index is 0.0134. The van der Waals surface area contributed by atoms with E-state index in [1.165, 1.54) is 44.9 Å². The second-order valence-corrected chi connectivity index (χ2v) is 5.80. The molecule has 0 bridgehead atoms. The summed E-state index contributed by atoms with van der Waals surface area (Å²) < 4.78 is 5.34. The van der Waals surface area contributed by atoms with Gasteiger partial charge in [-0.15, -0.1) is 0 Å². The summed E-state index contributed by atoms with van der Waals surface area (Å²) in [5.41, 5.74) is -0.391. The molecule has 2 rings (SSSR count). The first-order chi connectivity index (χ1) is 8.73. The van der Waals surface area contributed by atoms with Gasteiger partial charge in [0.1, 0.15) is 5.54 Å². The molecule has 2 aliphatic rings. The third-order valence-corrected chi connectivity index (χ3v) is 4.54. The third kappa shape index (κ3) is 2.87. The van der Waals surface area contributed by atoms with Crippen LogP contribution in [0.1, 0.15) is 65.2 Å². The van der Waals surface area contributed by atoms with Crippen molar-refractivity contribution in [1.29, 1.82) is 0 Å². The monoisotopic (exact) mass is 253 g/mol. The topological polar surface area (TPSA) is 38.3 Å². The average molecular weight is 253 g/mol. The Morgan fingerprint density at radius 3 is 2.33 bits per heavy atom. The fourth-order valence-corrected chi connectivity index (χ4v) is 3.33. The van der Waals surface area contributed by atoms with Gasteiger partial charge in [0.2, 0.25) is 0 Å². The second-order valence-electron chi connectivity index (χ2n) is 5.80. The van der Waals surface area contributed by atoms with E-state index in [4.69, 9.17) is 4.74 Å². The first-order valence-electron chi connectivity index (χ1n) is 7.68. The smallest absolute Gasteiger partial charge is 0.326 e. The predicted octanol–water partition coefficient (Wildman–Crippen LogP) is 3.03. The fraction of sp³-hybridized carbons (Fsp3) is 0.933. The van der Waals surface area contributed by atoms with Gasteiger partial charge in [0.15, 0.2) is 0 Å². The first-order valence-corrected chi connectivity index (χ1v) is 7.68. The Morgan fingerprint density at radius 1 is 1.17 bits per heavy atom. The van der Waals surface area contributed by atoms with Crippen molar-refractivity contribution in [3.63, 3.8) is 0 Å². The fourth-order valence-electron chi connectivity index (χ4n) is 3.33. The molecule has 0 radical (unpaired) electrons. The van der Waals surface area contributed by atoms with E-state index < -0.39 is 5.54 Å². The lowest BCUT2D eigenvalue weighted by Gasteiger charge is -2.37. The van der Waals surface area contributed by atoms with E-state index >= 15 is 0 Å². The number of hydrogen-bond donors (Lipinski definition) is 1. The quantitative estimate of drug-likeness (QED) is 0.739. The molecule has 0 aromatic carbocycles. The van der Waals surface area contributed by atoms with Crippen molar-refractivity contribution >= 4 is 5.97 Å². The highest BCUT2D eigenvalue weighted by Crippen LogP contribution is 2.43. The Labute approximate surface area is 111 Å². The van der Waals surface area contributed by atoms with Crippen molar-refractivity contribution in [3.05, 3.63) is 0 Å². The van der Waals surface area contributed by atoms with Gasteiger partial charge in [-0.1, -0.05) is 26.2 Å². The van der Waals surface area contributed by atoms with E-state index in [9.17, 15) is 4.79 Å². The Hall–Kier alpha value is -0.570. The molecule has 1 atom stereocenters. The predicted molar refractivity (Wildman–Crippen MR) is 72.4 cm³/mol. The van der Waals surface area contributed by atoms with Crippen molar-refractivity contribution in [3.8, 4) is 0 Å². The van der Waals surface area contributed by atoms with Gasteiger partial charge < -0.3 is 4.74 Å². The maximum Gasteiger partial charge on any atom is 0.326 e. The molecule has 18 heavy (non-hydrogen) atoms. The Kier molecular flexibility index (Phi) is 4.66. The number of ether oxygens (including phenoxy) is 1. The highest BCUT2D eigenvalue weighted by atomic mass is 16.5. The van der Waals surface area contributed by atoms with Gasteiger partial charge in [0.05, 0.1) is 6.61 Å². The van der Waals surface area contributed by atoms with Gasteiger partial charge >= 0.3 is 5.97 Å². The van der Waals surface area contributed by atoms with Crippen LogP contribution in [-0.2, 0) is 9.53 Å². The van der Waals surface area contributed by atoms with Gasteiger partial charge in [0.25, 0.3) is 0 Å². The molecule has 2 fully saturated rings. The maximum atomic E-state index is 12.4. The molecule has 0 spiro atoms. The molecule has 0 aromatic heterocycles. The second kappa shape index (κ2) is 6.05. The normalized spacial score (nSPS) is 24.6. The van der Waals surface area contributed by atoms with Crippen LogP contribution in [0.5, 0.6) is 0 Å². The first kappa shape index (κ1) is 13.9. The van der Waals surface area contributed by atoms with Gasteiger partial charge in [0, 0.05) is 6.04 Å². The zero-order valence-electron chi connectivity index (χ0n) is 11.8. The third-order valence-electron chi connectivity index (χ3n) is 4.54. The number of hydrogen-bond acceptors (Lipinski definition) is 3. The highest BCUT2D eigenvalue weighted by molar-refractivity contribution is 5.82. The van der Waals surface area contributed by atoms with E-state index in [1.807, 2.05) is 6.92 Å². The molecule has 0 aromatic rings. The molecule has 2 aliphatic carbocycles. The van der Waals surface area contributed by atoms with E-state index in [0.717, 1.165) is 6.42 Å². The summed E-state index contributed by atoms with van der Waals surface area (Å²) in [7, 11) is 0. The molecule has 104 valence electrons. The lowest BCUT2D eigenvalue weighted by molar-refractivity contribution is -0.153. The Bertz CT molecular complexity index is 282. The van der Waals surface area contributed by atoms with Crippen molar-refractivity contribution < 1.29 is 9.53 Å². The van der Waals surface area contributed by atoms with Crippen molar-refractivity contribution in [1.82, 2.24) is 5.32 Å². The number of rotatable bonds is 6. The van der Waals surface area contributed by atoms with Crippen LogP contribution in [0.3, 0.4) is 0 Å². The number of esters is 1. The molecule has 1 N–H and O–H groups in total. The number of nitrogens with one attached hydrogen (secondary N) is 1. The molecule has 0 amide bonds. The SMILES string of the molecule is CCOC(=O)C(CC)(NC1CCCCC1)C1CC1. The van der Waals surface area contributed by atoms with E-state index in [1.54, 1.807) is 0 Å². The molecular weight excluding hydrogens is 226 g/mol. The summed E-state index contributed by atoms with van der Waals surface area (Å²) in [5, 5.41) is 3.69. The van der Waals surface area contributed by atoms with Gasteiger partial charge in [-0.05, 0) is 44.9 Å². The van der Waals surface area contributed by atoms with E-state index in [-0.39, 0.29) is 5.97 Å². The lowest BCUT2D eigenvalue weighted by atomic mass is 9.86. The Balaban J connectivity index is 2.05. The summed E-state index contributed by atoms with van der Waals surface area (Å²) in [6.07, 6.45) is 9.57. The molecular formula is C15H27NO2. The van der Waals surface area contributed by atoms with Crippen LogP contribution in [-0.4, -0.2) is 24.2 Å². The highest BCUT2D eigenvalue weighted by Gasteiger charge is 2.51. The van der Waals surface area contributed by atoms with Crippen molar-refractivity contribution in [2.45, 2.75) is 76.8 Å².